The summed E-state index contributed by atoms with van der Waals surface area (Å²) in [6, 6.07) is 14.3. The number of anilines is 2. The number of methoxy groups -OCH3 is 1. The molecular weight excluding hydrogens is 284 g/mol. The van der Waals surface area contributed by atoms with Crippen molar-refractivity contribution in [3.63, 3.8) is 0 Å². The third-order valence-electron chi connectivity index (χ3n) is 3.71. The number of hydrogen-bond donors (Lipinski definition) is 1. The number of nitrogens with one attached hydrogen (secondary N) is 1. The zero-order valence-electron chi connectivity index (χ0n) is 12.9. The Bertz CT molecular complexity index is 615. The first-order chi connectivity index (χ1) is 10.1. The van der Waals surface area contributed by atoms with E-state index in [1.807, 2.05) is 55.4 Å². The predicted octanol–water partition coefficient (Wildman–Crippen LogP) is 4.40. The van der Waals surface area contributed by atoms with Crippen LogP contribution in [0.15, 0.2) is 42.5 Å². The fourth-order valence-electron chi connectivity index (χ4n) is 2.27. The second kappa shape index (κ2) is 6.83. The zero-order chi connectivity index (χ0) is 15.4. The molecule has 4 heteroatoms. The molecule has 2 aromatic rings. The molecule has 3 nitrogen and oxygen atoms in total. The van der Waals surface area contributed by atoms with Gasteiger partial charge in [0.05, 0.1) is 23.5 Å². The molecule has 0 aromatic heterocycles. The van der Waals surface area contributed by atoms with E-state index < -0.39 is 0 Å². The number of ether oxygens (including phenoxy) is 1. The molecule has 0 radical (unpaired) electrons. The number of rotatable bonds is 5. The summed E-state index contributed by atoms with van der Waals surface area (Å²) < 4.78 is 5.41. The number of nitrogens with zero attached hydrogens (tertiary/aromatic N) is 1. The van der Waals surface area contributed by atoms with Crippen LogP contribution in [0.4, 0.5) is 11.4 Å². The largest absolute Gasteiger partial charge is 0.495 e. The normalized spacial score (nSPS) is 12.0. The molecule has 0 saturated carbocycles. The molecule has 0 bridgehead atoms. The van der Waals surface area contributed by atoms with Gasteiger partial charge in [-0.3, -0.25) is 0 Å². The Morgan fingerprint density at radius 2 is 1.86 bits per heavy atom. The van der Waals surface area contributed by atoms with Crippen molar-refractivity contribution < 1.29 is 4.74 Å². The molecule has 2 rings (SSSR count). The molecule has 1 N–H and O–H groups in total. The highest BCUT2D eigenvalue weighted by Gasteiger charge is 2.13. The SMILES string of the molecule is CNC(C)c1ccc(N(C)c2ccccc2OC)c(Cl)c1. The predicted molar refractivity (Wildman–Crippen MR) is 90.0 cm³/mol. The average molecular weight is 305 g/mol. The van der Waals surface area contributed by atoms with Gasteiger partial charge in [0.25, 0.3) is 0 Å². The smallest absolute Gasteiger partial charge is 0.142 e. The minimum atomic E-state index is 0.271. The Labute approximate surface area is 131 Å². The van der Waals surface area contributed by atoms with Crippen LogP contribution in [-0.2, 0) is 0 Å². The molecule has 0 aliphatic heterocycles. The van der Waals surface area contributed by atoms with Crippen molar-refractivity contribution in [2.75, 3.05) is 26.1 Å². The van der Waals surface area contributed by atoms with Gasteiger partial charge in [-0.15, -0.1) is 0 Å². The Hall–Kier alpha value is -1.71. The monoisotopic (exact) mass is 304 g/mol. The van der Waals surface area contributed by atoms with Crippen LogP contribution in [0.1, 0.15) is 18.5 Å². The van der Waals surface area contributed by atoms with Crippen LogP contribution in [-0.4, -0.2) is 21.2 Å². The lowest BCUT2D eigenvalue weighted by Crippen LogP contribution is -2.14. The van der Waals surface area contributed by atoms with Gasteiger partial charge in [0.1, 0.15) is 5.75 Å². The zero-order valence-corrected chi connectivity index (χ0v) is 13.6. The van der Waals surface area contributed by atoms with E-state index in [4.69, 9.17) is 16.3 Å². The van der Waals surface area contributed by atoms with Gasteiger partial charge >= 0.3 is 0 Å². The summed E-state index contributed by atoms with van der Waals surface area (Å²) in [6.45, 7) is 2.11. The third-order valence-corrected chi connectivity index (χ3v) is 4.02. The number of benzene rings is 2. The molecule has 0 saturated heterocycles. The van der Waals surface area contributed by atoms with Crippen molar-refractivity contribution in [2.45, 2.75) is 13.0 Å². The minimum Gasteiger partial charge on any atom is -0.495 e. The number of para-hydroxylation sites is 2. The summed E-state index contributed by atoms with van der Waals surface area (Å²) in [4.78, 5) is 2.04. The van der Waals surface area contributed by atoms with E-state index >= 15 is 0 Å². The summed E-state index contributed by atoms with van der Waals surface area (Å²) in [7, 11) is 5.60. The first-order valence-electron chi connectivity index (χ1n) is 6.92. The molecule has 0 spiro atoms. The van der Waals surface area contributed by atoms with Crippen LogP contribution in [0.3, 0.4) is 0 Å². The fraction of sp³-hybridized carbons (Fsp3) is 0.294. The fourth-order valence-corrected chi connectivity index (χ4v) is 2.58. The van der Waals surface area contributed by atoms with E-state index in [0.29, 0.717) is 0 Å². The molecular formula is C17H21ClN2O. The van der Waals surface area contributed by atoms with Crippen LogP contribution in [0.25, 0.3) is 0 Å². The Morgan fingerprint density at radius 3 is 2.48 bits per heavy atom. The van der Waals surface area contributed by atoms with E-state index in [1.165, 1.54) is 5.56 Å². The summed E-state index contributed by atoms with van der Waals surface area (Å²) in [5.41, 5.74) is 3.10. The molecule has 0 aliphatic carbocycles. The first-order valence-corrected chi connectivity index (χ1v) is 7.29. The summed E-state index contributed by atoms with van der Waals surface area (Å²) in [5, 5.41) is 3.94. The Morgan fingerprint density at radius 1 is 1.14 bits per heavy atom. The molecule has 0 amide bonds. The minimum absolute atomic E-state index is 0.271. The van der Waals surface area contributed by atoms with Gasteiger partial charge in [-0.05, 0) is 43.8 Å². The quantitative estimate of drug-likeness (QED) is 0.886. The lowest BCUT2D eigenvalue weighted by atomic mass is 10.1. The van der Waals surface area contributed by atoms with Gasteiger partial charge in [-0.25, -0.2) is 0 Å². The van der Waals surface area contributed by atoms with Gasteiger partial charge < -0.3 is 15.0 Å². The molecule has 112 valence electrons. The van der Waals surface area contributed by atoms with Crippen molar-refractivity contribution in [3.8, 4) is 5.75 Å². The highest BCUT2D eigenvalue weighted by atomic mass is 35.5. The van der Waals surface area contributed by atoms with Gasteiger partial charge in [0.15, 0.2) is 0 Å². The maximum atomic E-state index is 6.46. The lowest BCUT2D eigenvalue weighted by molar-refractivity contribution is 0.415. The maximum absolute atomic E-state index is 6.46. The van der Waals surface area contributed by atoms with Crippen LogP contribution in [0, 0.1) is 0 Å². The molecule has 0 aliphatic rings. The second-order valence-electron chi connectivity index (χ2n) is 4.95. The van der Waals surface area contributed by atoms with Crippen molar-refractivity contribution in [1.29, 1.82) is 0 Å². The highest BCUT2D eigenvalue weighted by molar-refractivity contribution is 6.33. The Balaban J connectivity index is 2.37. The summed E-state index contributed by atoms with van der Waals surface area (Å²) >= 11 is 6.46. The first kappa shape index (κ1) is 15.7. The van der Waals surface area contributed by atoms with E-state index in [9.17, 15) is 0 Å². The van der Waals surface area contributed by atoms with Gasteiger partial charge in [-0.1, -0.05) is 29.8 Å². The molecule has 1 atom stereocenters. The van der Waals surface area contributed by atoms with Gasteiger partial charge in [0.2, 0.25) is 0 Å². The third kappa shape index (κ3) is 3.31. The van der Waals surface area contributed by atoms with Crippen LogP contribution < -0.4 is 15.0 Å². The molecule has 0 fully saturated rings. The summed E-state index contributed by atoms with van der Waals surface area (Å²) in [5.74, 6) is 0.823. The average Bonchev–Trinajstić information content (AvgIpc) is 2.53. The number of halogens is 1. The van der Waals surface area contributed by atoms with Crippen molar-refractivity contribution in [3.05, 3.63) is 53.1 Å². The number of hydrogen-bond acceptors (Lipinski definition) is 3. The highest BCUT2D eigenvalue weighted by Crippen LogP contribution is 2.36. The van der Waals surface area contributed by atoms with Crippen LogP contribution >= 0.6 is 11.6 Å². The van der Waals surface area contributed by atoms with Gasteiger partial charge in [0, 0.05) is 13.1 Å². The molecule has 21 heavy (non-hydrogen) atoms. The van der Waals surface area contributed by atoms with E-state index in [-0.39, 0.29) is 6.04 Å². The van der Waals surface area contributed by atoms with Gasteiger partial charge in [-0.2, -0.15) is 0 Å². The van der Waals surface area contributed by atoms with E-state index in [1.54, 1.807) is 7.11 Å². The maximum Gasteiger partial charge on any atom is 0.142 e. The molecule has 1 unspecified atom stereocenters. The molecule has 2 aromatic carbocycles. The topological polar surface area (TPSA) is 24.5 Å². The van der Waals surface area contributed by atoms with Crippen molar-refractivity contribution in [2.24, 2.45) is 0 Å². The van der Waals surface area contributed by atoms with E-state index in [0.717, 1.165) is 22.1 Å². The lowest BCUT2D eigenvalue weighted by Gasteiger charge is -2.23. The summed E-state index contributed by atoms with van der Waals surface area (Å²) in [6.07, 6.45) is 0. The second-order valence-corrected chi connectivity index (χ2v) is 5.36. The van der Waals surface area contributed by atoms with Crippen molar-refractivity contribution >= 4 is 23.0 Å². The molecule has 0 heterocycles. The van der Waals surface area contributed by atoms with E-state index in [2.05, 4.69) is 18.3 Å². The Kier molecular flexibility index (Phi) is 5.10. The standard InChI is InChI=1S/C17H21ClN2O/c1-12(19-2)13-9-10-15(14(18)11-13)20(3)16-7-5-6-8-17(16)21-4/h5-12,19H,1-4H3. The van der Waals surface area contributed by atoms with Crippen LogP contribution in [0.2, 0.25) is 5.02 Å². The van der Waals surface area contributed by atoms with Crippen LogP contribution in [0.5, 0.6) is 5.75 Å². The van der Waals surface area contributed by atoms with Crippen molar-refractivity contribution in [1.82, 2.24) is 5.32 Å².